The van der Waals surface area contributed by atoms with Crippen LogP contribution < -0.4 is 0 Å². The molecule has 0 radical (unpaired) electrons. The zero-order valence-electron chi connectivity index (χ0n) is 3.96. The van der Waals surface area contributed by atoms with E-state index in [1.54, 1.807) is 0 Å². The summed E-state index contributed by atoms with van der Waals surface area (Å²) in [4.78, 5) is 0. The van der Waals surface area contributed by atoms with E-state index < -0.39 is 5.79 Å². The fraction of sp³-hybridized carbons (Fsp3) is 1.00. The van der Waals surface area contributed by atoms with Gasteiger partial charge in [-0.15, -0.1) is 0 Å². The standard InChI is InChI=1S/C5H8O2/c6-5(7)3-1-4(5)2-3/h3-4,6-7H,1-2H2. The fourth-order valence-electron chi connectivity index (χ4n) is 1.32. The molecule has 2 bridgehead atoms. The van der Waals surface area contributed by atoms with Gasteiger partial charge in [0.1, 0.15) is 0 Å². The molecule has 0 spiro atoms. The van der Waals surface area contributed by atoms with Crippen LogP contribution in [0.3, 0.4) is 0 Å². The summed E-state index contributed by atoms with van der Waals surface area (Å²) in [6, 6.07) is 0. The van der Waals surface area contributed by atoms with Gasteiger partial charge < -0.3 is 10.2 Å². The molecule has 3 aliphatic rings. The van der Waals surface area contributed by atoms with Crippen LogP contribution in [0.4, 0.5) is 0 Å². The highest BCUT2D eigenvalue weighted by Crippen LogP contribution is 2.59. The Morgan fingerprint density at radius 3 is 1.43 bits per heavy atom. The molecule has 0 aromatic rings. The highest BCUT2D eigenvalue weighted by atomic mass is 16.5. The van der Waals surface area contributed by atoms with Crippen molar-refractivity contribution in [3.63, 3.8) is 0 Å². The Morgan fingerprint density at radius 2 is 1.43 bits per heavy atom. The molecular weight excluding hydrogens is 92.1 g/mol. The molecule has 2 heteroatoms. The SMILES string of the molecule is OC1(O)C2CC1C2. The monoisotopic (exact) mass is 100 g/mol. The molecule has 0 atom stereocenters. The van der Waals surface area contributed by atoms with Gasteiger partial charge in [0.15, 0.2) is 5.79 Å². The lowest BCUT2D eigenvalue weighted by Crippen LogP contribution is -2.66. The largest absolute Gasteiger partial charge is 0.365 e. The summed E-state index contributed by atoms with van der Waals surface area (Å²) in [5.74, 6) is -0.755. The van der Waals surface area contributed by atoms with Crippen LogP contribution >= 0.6 is 0 Å². The maximum atomic E-state index is 8.79. The lowest BCUT2D eigenvalue weighted by molar-refractivity contribution is -0.366. The number of rotatable bonds is 0. The first-order valence-electron chi connectivity index (χ1n) is 2.66. The maximum Gasteiger partial charge on any atom is 0.168 e. The highest BCUT2D eigenvalue weighted by molar-refractivity contribution is 5.07. The Balaban J connectivity index is 2.18. The van der Waals surface area contributed by atoms with Gasteiger partial charge in [0.05, 0.1) is 0 Å². The van der Waals surface area contributed by atoms with Gasteiger partial charge in [-0.1, -0.05) is 0 Å². The molecule has 3 fully saturated rings. The first kappa shape index (κ1) is 3.87. The van der Waals surface area contributed by atoms with E-state index in [2.05, 4.69) is 0 Å². The van der Waals surface area contributed by atoms with Crippen molar-refractivity contribution in [3.05, 3.63) is 0 Å². The third-order valence-electron chi connectivity index (χ3n) is 2.34. The Hall–Kier alpha value is -0.0800. The summed E-state index contributed by atoms with van der Waals surface area (Å²) in [5.41, 5.74) is 0. The summed E-state index contributed by atoms with van der Waals surface area (Å²) >= 11 is 0. The van der Waals surface area contributed by atoms with Crippen LogP contribution in [0.2, 0.25) is 0 Å². The molecule has 3 rings (SSSR count). The van der Waals surface area contributed by atoms with Gasteiger partial charge in [-0.3, -0.25) is 0 Å². The van der Waals surface area contributed by atoms with E-state index in [-0.39, 0.29) is 11.8 Å². The van der Waals surface area contributed by atoms with Crippen LogP contribution in [-0.4, -0.2) is 16.0 Å². The van der Waals surface area contributed by atoms with Gasteiger partial charge in [0.2, 0.25) is 0 Å². The summed E-state index contributed by atoms with van der Waals surface area (Å²) in [7, 11) is 0. The topological polar surface area (TPSA) is 40.5 Å². The second kappa shape index (κ2) is 0.740. The van der Waals surface area contributed by atoms with E-state index in [0.717, 1.165) is 12.8 Å². The molecule has 2 nitrogen and oxygen atoms in total. The number of hydrogen-bond acceptors (Lipinski definition) is 2. The van der Waals surface area contributed by atoms with Crippen molar-refractivity contribution in [1.29, 1.82) is 0 Å². The minimum absolute atomic E-state index is 0.234. The van der Waals surface area contributed by atoms with Gasteiger partial charge in [0, 0.05) is 11.8 Å². The Morgan fingerprint density at radius 1 is 1.14 bits per heavy atom. The van der Waals surface area contributed by atoms with Gasteiger partial charge in [0.25, 0.3) is 0 Å². The van der Waals surface area contributed by atoms with Crippen molar-refractivity contribution >= 4 is 0 Å². The molecule has 0 unspecified atom stereocenters. The zero-order chi connectivity index (χ0) is 5.07. The van der Waals surface area contributed by atoms with Crippen molar-refractivity contribution in [1.82, 2.24) is 0 Å². The van der Waals surface area contributed by atoms with Gasteiger partial charge in [-0.25, -0.2) is 0 Å². The van der Waals surface area contributed by atoms with Crippen LogP contribution in [0.25, 0.3) is 0 Å². The van der Waals surface area contributed by atoms with Gasteiger partial charge in [-0.2, -0.15) is 0 Å². The molecule has 0 saturated heterocycles. The predicted molar refractivity (Wildman–Crippen MR) is 23.4 cm³/mol. The van der Waals surface area contributed by atoms with E-state index in [9.17, 15) is 0 Å². The van der Waals surface area contributed by atoms with Crippen LogP contribution in [0.5, 0.6) is 0 Å². The Kier molecular flexibility index (Phi) is 0.408. The molecule has 40 valence electrons. The highest BCUT2D eigenvalue weighted by Gasteiger charge is 2.63. The lowest BCUT2D eigenvalue weighted by atomic mass is 9.51. The van der Waals surface area contributed by atoms with Crippen molar-refractivity contribution in [2.24, 2.45) is 11.8 Å². The summed E-state index contributed by atoms with van der Waals surface area (Å²) in [6.45, 7) is 0. The molecule has 0 aromatic carbocycles. The molecule has 3 aliphatic carbocycles. The molecular formula is C5H8O2. The molecule has 2 N–H and O–H groups in total. The first-order chi connectivity index (χ1) is 3.21. The van der Waals surface area contributed by atoms with Crippen molar-refractivity contribution < 1.29 is 10.2 Å². The second-order valence-corrected chi connectivity index (χ2v) is 2.65. The van der Waals surface area contributed by atoms with E-state index in [1.807, 2.05) is 0 Å². The smallest absolute Gasteiger partial charge is 0.168 e. The van der Waals surface area contributed by atoms with Gasteiger partial charge in [-0.05, 0) is 12.8 Å². The van der Waals surface area contributed by atoms with Gasteiger partial charge >= 0.3 is 0 Å². The number of hydrogen-bond donors (Lipinski definition) is 2. The lowest BCUT2D eigenvalue weighted by Gasteiger charge is -2.60. The summed E-state index contributed by atoms with van der Waals surface area (Å²) in [5, 5.41) is 17.6. The molecule has 0 aromatic heterocycles. The minimum atomic E-state index is -1.22. The molecule has 7 heavy (non-hydrogen) atoms. The summed E-state index contributed by atoms with van der Waals surface area (Å²) in [6.07, 6.45) is 2.10. The second-order valence-electron chi connectivity index (χ2n) is 2.65. The third kappa shape index (κ3) is 0.229. The molecule has 0 heterocycles. The average molecular weight is 100 g/mol. The van der Waals surface area contributed by atoms with Crippen molar-refractivity contribution in [2.75, 3.05) is 0 Å². The Labute approximate surface area is 41.8 Å². The van der Waals surface area contributed by atoms with Crippen LogP contribution in [0, 0.1) is 11.8 Å². The van der Waals surface area contributed by atoms with Crippen molar-refractivity contribution in [2.45, 2.75) is 18.6 Å². The molecule has 0 aliphatic heterocycles. The van der Waals surface area contributed by atoms with Crippen LogP contribution in [0.1, 0.15) is 12.8 Å². The Bertz CT molecular complexity index is 92.6. The normalized spacial score (nSPS) is 52.3. The van der Waals surface area contributed by atoms with Crippen molar-refractivity contribution in [3.8, 4) is 0 Å². The third-order valence-corrected chi connectivity index (χ3v) is 2.34. The average Bonchev–Trinajstić information content (AvgIpc) is 1.26. The fourth-order valence-corrected chi connectivity index (χ4v) is 1.32. The van der Waals surface area contributed by atoms with E-state index in [1.165, 1.54) is 0 Å². The number of aliphatic hydroxyl groups is 2. The minimum Gasteiger partial charge on any atom is -0.365 e. The predicted octanol–water partition coefficient (Wildman–Crippen LogP) is -0.293. The van der Waals surface area contributed by atoms with E-state index in [4.69, 9.17) is 10.2 Å². The van der Waals surface area contributed by atoms with E-state index >= 15 is 0 Å². The molecule has 0 amide bonds. The zero-order valence-corrected chi connectivity index (χ0v) is 3.96. The van der Waals surface area contributed by atoms with Crippen LogP contribution in [0.15, 0.2) is 0 Å². The summed E-state index contributed by atoms with van der Waals surface area (Å²) < 4.78 is 0. The molecule has 3 saturated carbocycles. The van der Waals surface area contributed by atoms with Crippen LogP contribution in [-0.2, 0) is 0 Å². The maximum absolute atomic E-state index is 8.79. The van der Waals surface area contributed by atoms with E-state index in [0.29, 0.717) is 0 Å². The first-order valence-corrected chi connectivity index (χ1v) is 2.66. The quantitative estimate of drug-likeness (QED) is 0.410.